The molecule has 3 rings (SSSR count). The fraction of sp³-hybridized carbons (Fsp3) is 0.176. The Bertz CT molecular complexity index is 549. The summed E-state index contributed by atoms with van der Waals surface area (Å²) in [7, 11) is 0. The summed E-state index contributed by atoms with van der Waals surface area (Å²) in [6, 6.07) is 17.5. The predicted molar refractivity (Wildman–Crippen MR) is 73.9 cm³/mol. The Hall–Kier alpha value is -1.82. The Labute approximate surface area is 103 Å². The van der Waals surface area contributed by atoms with E-state index in [9.17, 15) is 0 Å². The van der Waals surface area contributed by atoms with Crippen LogP contribution in [0.25, 0.3) is 11.1 Å². The fourth-order valence-electron chi connectivity index (χ4n) is 2.69. The molecule has 1 aliphatic rings. The number of rotatable bonds is 0. The van der Waals surface area contributed by atoms with E-state index in [-0.39, 0.29) is 0 Å². The number of hydrogen-bond donors (Lipinski definition) is 0. The zero-order valence-corrected chi connectivity index (χ0v) is 10.3. The van der Waals surface area contributed by atoms with Crippen LogP contribution in [-0.2, 0) is 6.42 Å². The highest BCUT2D eigenvalue weighted by atomic mass is 14.2. The van der Waals surface area contributed by atoms with Gasteiger partial charge in [-0.1, -0.05) is 48.5 Å². The molecule has 17 heavy (non-hydrogen) atoms. The van der Waals surface area contributed by atoms with Crippen LogP contribution in [0.2, 0.25) is 0 Å². The number of benzene rings is 2. The predicted octanol–water partition coefficient (Wildman–Crippen LogP) is 4.54. The third-order valence-electron chi connectivity index (χ3n) is 3.79. The molecule has 0 aliphatic heterocycles. The maximum atomic E-state index is 2.24. The number of hydrogen-bond acceptors (Lipinski definition) is 0. The molecule has 0 saturated carbocycles. The van der Waals surface area contributed by atoms with Crippen molar-refractivity contribution in [2.45, 2.75) is 20.3 Å². The summed E-state index contributed by atoms with van der Waals surface area (Å²) in [5.41, 5.74) is 8.50. The van der Waals surface area contributed by atoms with Gasteiger partial charge in [0.15, 0.2) is 0 Å². The highest BCUT2D eigenvalue weighted by Crippen LogP contribution is 2.34. The summed E-state index contributed by atoms with van der Waals surface area (Å²) in [6.07, 6.45) is 1.04. The largest absolute Gasteiger partial charge is 0.0619 e. The van der Waals surface area contributed by atoms with Gasteiger partial charge in [0.05, 0.1) is 0 Å². The molecular weight excluding hydrogens is 204 g/mol. The minimum absolute atomic E-state index is 1.04. The Kier molecular flexibility index (Phi) is 2.36. The van der Waals surface area contributed by atoms with Gasteiger partial charge in [0.1, 0.15) is 0 Å². The van der Waals surface area contributed by atoms with E-state index >= 15 is 0 Å². The maximum Gasteiger partial charge on any atom is -0.00137 e. The minimum atomic E-state index is 1.04. The molecule has 0 spiro atoms. The first-order chi connectivity index (χ1) is 8.27. The van der Waals surface area contributed by atoms with Crippen LogP contribution in [0.5, 0.6) is 0 Å². The van der Waals surface area contributed by atoms with Crippen molar-refractivity contribution in [1.82, 2.24) is 0 Å². The third kappa shape index (κ3) is 1.61. The van der Waals surface area contributed by atoms with Gasteiger partial charge in [-0.15, -0.1) is 0 Å². The average molecular weight is 220 g/mol. The summed E-state index contributed by atoms with van der Waals surface area (Å²) >= 11 is 0. The summed E-state index contributed by atoms with van der Waals surface area (Å²) in [6.45, 7) is 4.46. The summed E-state index contributed by atoms with van der Waals surface area (Å²) in [5, 5.41) is 0. The standard InChI is InChI=1S/C17H16/c1-12-13(2)17-10-6-4-8-15(17)11-14-7-3-5-9-16(12)14/h3-10H,11H2,1-2H3. The van der Waals surface area contributed by atoms with E-state index in [0.29, 0.717) is 0 Å². The molecule has 0 N–H and O–H groups in total. The van der Waals surface area contributed by atoms with Crippen molar-refractivity contribution in [3.63, 3.8) is 0 Å². The van der Waals surface area contributed by atoms with Gasteiger partial charge >= 0.3 is 0 Å². The number of allylic oxidation sites excluding steroid dienone is 2. The van der Waals surface area contributed by atoms with Gasteiger partial charge in [0.2, 0.25) is 0 Å². The first kappa shape index (κ1) is 10.3. The highest BCUT2D eigenvalue weighted by molar-refractivity contribution is 5.92. The lowest BCUT2D eigenvalue weighted by Gasteiger charge is -2.08. The molecule has 0 saturated heterocycles. The van der Waals surface area contributed by atoms with Crippen LogP contribution in [0.3, 0.4) is 0 Å². The van der Waals surface area contributed by atoms with Crippen molar-refractivity contribution >= 4 is 11.1 Å². The van der Waals surface area contributed by atoms with E-state index in [1.54, 1.807) is 0 Å². The van der Waals surface area contributed by atoms with Crippen molar-refractivity contribution < 1.29 is 0 Å². The van der Waals surface area contributed by atoms with Crippen LogP contribution >= 0.6 is 0 Å². The molecule has 2 aromatic rings. The topological polar surface area (TPSA) is 0 Å². The quantitative estimate of drug-likeness (QED) is 0.611. The zero-order valence-electron chi connectivity index (χ0n) is 10.3. The molecule has 0 heterocycles. The second-order valence-electron chi connectivity index (χ2n) is 4.74. The second-order valence-corrected chi connectivity index (χ2v) is 4.74. The molecule has 84 valence electrons. The number of fused-ring (bicyclic) bond motifs is 2. The second kappa shape index (κ2) is 3.89. The Morgan fingerprint density at radius 3 is 1.53 bits per heavy atom. The molecule has 0 radical (unpaired) electrons. The lowest BCUT2D eigenvalue weighted by Crippen LogP contribution is -1.92. The Morgan fingerprint density at radius 2 is 1.06 bits per heavy atom. The van der Waals surface area contributed by atoms with Crippen molar-refractivity contribution in [2.75, 3.05) is 0 Å². The normalized spacial score (nSPS) is 14.0. The first-order valence-corrected chi connectivity index (χ1v) is 6.11. The van der Waals surface area contributed by atoms with Crippen LogP contribution < -0.4 is 0 Å². The van der Waals surface area contributed by atoms with E-state index in [2.05, 4.69) is 62.4 Å². The lowest BCUT2D eigenvalue weighted by atomic mass is 9.97. The average Bonchev–Trinajstić information content (AvgIpc) is 2.48. The Balaban J connectivity index is 2.33. The molecule has 0 nitrogen and oxygen atoms in total. The van der Waals surface area contributed by atoms with Crippen molar-refractivity contribution in [3.05, 3.63) is 70.8 Å². The smallest absolute Gasteiger partial charge is 0.00137 e. The van der Waals surface area contributed by atoms with E-state index in [0.717, 1.165) is 6.42 Å². The maximum absolute atomic E-state index is 2.24. The molecule has 0 atom stereocenters. The van der Waals surface area contributed by atoms with Crippen LogP contribution in [0, 0.1) is 0 Å². The lowest BCUT2D eigenvalue weighted by molar-refractivity contribution is 1.18. The van der Waals surface area contributed by atoms with Gasteiger partial charge < -0.3 is 0 Å². The first-order valence-electron chi connectivity index (χ1n) is 6.11. The molecular formula is C17H16. The third-order valence-corrected chi connectivity index (χ3v) is 3.79. The van der Waals surface area contributed by atoms with Gasteiger partial charge in [-0.2, -0.15) is 0 Å². The van der Waals surface area contributed by atoms with E-state index in [1.165, 1.54) is 33.4 Å². The van der Waals surface area contributed by atoms with Crippen molar-refractivity contribution in [2.24, 2.45) is 0 Å². The van der Waals surface area contributed by atoms with Crippen LogP contribution in [-0.4, -0.2) is 0 Å². The Morgan fingerprint density at radius 1 is 0.647 bits per heavy atom. The molecule has 0 amide bonds. The van der Waals surface area contributed by atoms with Gasteiger partial charge in [-0.25, -0.2) is 0 Å². The van der Waals surface area contributed by atoms with Gasteiger partial charge in [0, 0.05) is 0 Å². The van der Waals surface area contributed by atoms with Crippen LogP contribution in [0.1, 0.15) is 36.1 Å². The molecule has 0 fully saturated rings. The summed E-state index contributed by atoms with van der Waals surface area (Å²) in [5.74, 6) is 0. The molecule has 0 heteroatoms. The summed E-state index contributed by atoms with van der Waals surface area (Å²) < 4.78 is 0. The van der Waals surface area contributed by atoms with Gasteiger partial charge in [0.25, 0.3) is 0 Å². The van der Waals surface area contributed by atoms with E-state index < -0.39 is 0 Å². The van der Waals surface area contributed by atoms with Crippen LogP contribution in [0.15, 0.2) is 48.5 Å². The molecule has 0 aromatic heterocycles. The molecule has 1 aliphatic carbocycles. The van der Waals surface area contributed by atoms with Crippen molar-refractivity contribution in [1.29, 1.82) is 0 Å². The minimum Gasteiger partial charge on any atom is -0.0619 e. The van der Waals surface area contributed by atoms with Crippen LogP contribution in [0.4, 0.5) is 0 Å². The zero-order chi connectivity index (χ0) is 11.8. The van der Waals surface area contributed by atoms with Crippen molar-refractivity contribution in [3.8, 4) is 0 Å². The molecule has 0 unspecified atom stereocenters. The fourth-order valence-corrected chi connectivity index (χ4v) is 2.69. The molecule has 2 aromatic carbocycles. The SMILES string of the molecule is CC1=C(C)c2ccccc2Cc2ccccc21. The highest BCUT2D eigenvalue weighted by Gasteiger charge is 2.15. The van der Waals surface area contributed by atoms with Gasteiger partial charge in [-0.3, -0.25) is 0 Å². The molecule has 0 bridgehead atoms. The van der Waals surface area contributed by atoms with Gasteiger partial charge in [-0.05, 0) is 53.7 Å². The van der Waals surface area contributed by atoms with E-state index in [1.807, 2.05) is 0 Å². The summed E-state index contributed by atoms with van der Waals surface area (Å²) in [4.78, 5) is 0. The van der Waals surface area contributed by atoms with E-state index in [4.69, 9.17) is 0 Å². The monoisotopic (exact) mass is 220 g/mol.